The first-order chi connectivity index (χ1) is 5.13. The molecule has 0 amide bonds. The lowest BCUT2D eigenvalue weighted by Gasteiger charge is -2.20. The van der Waals surface area contributed by atoms with Gasteiger partial charge in [-0.3, -0.25) is 0 Å². The summed E-state index contributed by atoms with van der Waals surface area (Å²) in [6, 6.07) is 0. The molecule has 0 aromatic carbocycles. The molecule has 5 nitrogen and oxygen atoms in total. The summed E-state index contributed by atoms with van der Waals surface area (Å²) >= 11 is 0. The minimum Gasteiger partial charge on any atom is -0.394 e. The van der Waals surface area contributed by atoms with E-state index < -0.39 is 24.9 Å². The number of hydrogen-bond donors (Lipinski definition) is 5. The maximum atomic E-state index is 9.04. The molecule has 0 bridgehead atoms. The van der Waals surface area contributed by atoms with Crippen LogP contribution in [0, 0.1) is 0 Å². The molecule has 3 atom stereocenters. The summed E-state index contributed by atoms with van der Waals surface area (Å²) in [6.45, 7) is -0.375. The highest BCUT2D eigenvalue weighted by Gasteiger charge is 2.22. The van der Waals surface area contributed by atoms with Gasteiger partial charge in [0.2, 0.25) is 0 Å². The van der Waals surface area contributed by atoms with E-state index in [4.69, 9.17) is 20.4 Å². The van der Waals surface area contributed by atoms with Crippen LogP contribution in [0.5, 0.6) is 0 Å². The molecule has 0 spiro atoms. The van der Waals surface area contributed by atoms with Crippen molar-refractivity contribution in [2.45, 2.75) is 18.3 Å². The van der Waals surface area contributed by atoms with E-state index >= 15 is 0 Å². The third kappa shape index (κ3) is 5.02. The number of rotatable bonds is 5. The highest BCUT2D eigenvalue weighted by molar-refractivity contribution is 8.93. The van der Waals surface area contributed by atoms with Gasteiger partial charge in [0.05, 0.1) is 12.7 Å². The van der Waals surface area contributed by atoms with E-state index in [9.17, 15) is 0 Å². The minimum absolute atomic E-state index is 0. The zero-order valence-corrected chi connectivity index (χ0v) is 8.56. The van der Waals surface area contributed by atoms with Gasteiger partial charge in [0.25, 0.3) is 0 Å². The first-order valence-electron chi connectivity index (χ1n) is 3.43. The van der Waals surface area contributed by atoms with Crippen molar-refractivity contribution in [2.75, 3.05) is 20.2 Å². The zero-order valence-electron chi connectivity index (χ0n) is 6.84. The average Bonchev–Trinajstić information content (AvgIpc) is 2.02. The Morgan fingerprint density at radius 1 is 1.17 bits per heavy atom. The lowest BCUT2D eigenvalue weighted by Crippen LogP contribution is -2.43. The van der Waals surface area contributed by atoms with Crippen LogP contribution in [-0.2, 0) is 0 Å². The summed E-state index contributed by atoms with van der Waals surface area (Å²) in [5, 5.41) is 37.9. The summed E-state index contributed by atoms with van der Waals surface area (Å²) in [5.41, 5.74) is 0. The summed E-state index contributed by atoms with van der Waals surface area (Å²) in [4.78, 5) is 0. The van der Waals surface area contributed by atoms with Crippen molar-refractivity contribution >= 4 is 17.0 Å². The fraction of sp³-hybridized carbons (Fsp3) is 1.00. The number of aliphatic hydroxyl groups excluding tert-OH is 4. The predicted molar refractivity (Wildman–Crippen MR) is 49.4 cm³/mol. The van der Waals surface area contributed by atoms with Crippen molar-refractivity contribution in [3.05, 3.63) is 0 Å². The molecule has 0 saturated carbocycles. The Bertz CT molecular complexity index is 106. The van der Waals surface area contributed by atoms with Crippen molar-refractivity contribution in [3.8, 4) is 0 Å². The van der Waals surface area contributed by atoms with Crippen LogP contribution in [-0.4, -0.2) is 58.9 Å². The van der Waals surface area contributed by atoms with E-state index in [0.29, 0.717) is 0 Å². The van der Waals surface area contributed by atoms with Crippen molar-refractivity contribution in [1.29, 1.82) is 0 Å². The topological polar surface area (TPSA) is 93.0 Å². The smallest absolute Gasteiger partial charge is 0.109 e. The van der Waals surface area contributed by atoms with Gasteiger partial charge >= 0.3 is 0 Å². The molecule has 0 aromatic rings. The Hall–Kier alpha value is 0.280. The molecule has 0 saturated heterocycles. The largest absolute Gasteiger partial charge is 0.394 e. The number of aliphatic hydroxyl groups is 4. The molecule has 0 aliphatic carbocycles. The molecule has 0 unspecified atom stereocenters. The Balaban J connectivity index is 0. The van der Waals surface area contributed by atoms with Crippen molar-refractivity contribution in [1.82, 2.24) is 5.32 Å². The van der Waals surface area contributed by atoms with Crippen LogP contribution < -0.4 is 5.32 Å². The Morgan fingerprint density at radius 2 is 1.67 bits per heavy atom. The molecule has 0 aliphatic heterocycles. The molecule has 5 N–H and O–H groups in total. The van der Waals surface area contributed by atoms with Gasteiger partial charge in [0, 0.05) is 6.54 Å². The van der Waals surface area contributed by atoms with Crippen LogP contribution in [0.3, 0.4) is 0 Å². The normalized spacial score (nSPS) is 17.8. The molecular weight excluding hydrogens is 230 g/mol. The lowest BCUT2D eigenvalue weighted by molar-refractivity contribution is -0.0745. The van der Waals surface area contributed by atoms with E-state index in [-0.39, 0.29) is 23.5 Å². The summed E-state index contributed by atoms with van der Waals surface area (Å²) in [7, 11) is 1.61. The van der Waals surface area contributed by atoms with Crippen molar-refractivity contribution < 1.29 is 20.4 Å². The van der Waals surface area contributed by atoms with Crippen molar-refractivity contribution in [3.63, 3.8) is 0 Å². The van der Waals surface area contributed by atoms with E-state index in [1.807, 2.05) is 0 Å². The van der Waals surface area contributed by atoms with Gasteiger partial charge < -0.3 is 25.7 Å². The fourth-order valence-electron chi connectivity index (χ4n) is 0.694. The van der Waals surface area contributed by atoms with Gasteiger partial charge in [-0.05, 0) is 7.05 Å². The molecular formula is C6H16BrNO4. The molecule has 0 fully saturated rings. The second-order valence-corrected chi connectivity index (χ2v) is 2.37. The molecule has 0 aliphatic rings. The molecule has 0 aromatic heterocycles. The number of halogens is 1. The van der Waals surface area contributed by atoms with Crippen LogP contribution >= 0.6 is 17.0 Å². The highest BCUT2D eigenvalue weighted by Crippen LogP contribution is 1.98. The number of nitrogens with one attached hydrogen (secondary N) is 1. The Labute approximate surface area is 81.8 Å². The van der Waals surface area contributed by atoms with Gasteiger partial charge in [0.1, 0.15) is 12.2 Å². The highest BCUT2D eigenvalue weighted by atomic mass is 79.9. The fourth-order valence-corrected chi connectivity index (χ4v) is 0.694. The molecule has 0 rings (SSSR count). The predicted octanol–water partition coefficient (Wildman–Crippen LogP) is -2.14. The minimum atomic E-state index is -1.30. The number of likely N-dealkylation sites (N-methyl/N-ethyl adjacent to an activating group) is 1. The lowest BCUT2D eigenvalue weighted by atomic mass is 10.1. The van der Waals surface area contributed by atoms with Crippen LogP contribution in [0.2, 0.25) is 0 Å². The van der Waals surface area contributed by atoms with Gasteiger partial charge in [-0.25, -0.2) is 0 Å². The third-order valence-corrected chi connectivity index (χ3v) is 1.39. The first kappa shape index (κ1) is 14.8. The summed E-state index contributed by atoms with van der Waals surface area (Å²) in [6.07, 6.45) is -3.63. The molecule has 76 valence electrons. The molecule has 6 heteroatoms. The quantitative estimate of drug-likeness (QED) is 0.382. The molecule has 0 radical (unpaired) electrons. The van der Waals surface area contributed by atoms with E-state index in [0.717, 1.165) is 0 Å². The summed E-state index contributed by atoms with van der Waals surface area (Å²) in [5.74, 6) is 0. The monoisotopic (exact) mass is 245 g/mol. The van der Waals surface area contributed by atoms with Crippen LogP contribution in [0.25, 0.3) is 0 Å². The molecule has 0 heterocycles. The van der Waals surface area contributed by atoms with Crippen LogP contribution in [0.1, 0.15) is 0 Å². The Kier molecular flexibility index (Phi) is 9.74. The Morgan fingerprint density at radius 3 is 2.00 bits per heavy atom. The van der Waals surface area contributed by atoms with Gasteiger partial charge in [0.15, 0.2) is 0 Å². The maximum Gasteiger partial charge on any atom is 0.109 e. The van der Waals surface area contributed by atoms with E-state index in [1.165, 1.54) is 0 Å². The van der Waals surface area contributed by atoms with Crippen LogP contribution in [0.4, 0.5) is 0 Å². The van der Waals surface area contributed by atoms with Gasteiger partial charge in [-0.15, -0.1) is 17.0 Å². The van der Waals surface area contributed by atoms with Crippen LogP contribution in [0.15, 0.2) is 0 Å². The van der Waals surface area contributed by atoms with Gasteiger partial charge in [-0.1, -0.05) is 0 Å². The van der Waals surface area contributed by atoms with Gasteiger partial charge in [-0.2, -0.15) is 0 Å². The average molecular weight is 246 g/mol. The second kappa shape index (κ2) is 7.90. The first-order valence-corrected chi connectivity index (χ1v) is 3.43. The molecule has 12 heavy (non-hydrogen) atoms. The maximum absolute atomic E-state index is 9.04. The zero-order chi connectivity index (χ0) is 8.85. The van der Waals surface area contributed by atoms with Crippen molar-refractivity contribution in [2.24, 2.45) is 0 Å². The second-order valence-electron chi connectivity index (χ2n) is 2.37. The van der Waals surface area contributed by atoms with E-state index in [2.05, 4.69) is 5.32 Å². The SMILES string of the molecule is Br.CNC[C@@H](O)[C@@H](O)[C@@H](O)CO. The third-order valence-electron chi connectivity index (χ3n) is 1.39. The number of hydrogen-bond acceptors (Lipinski definition) is 5. The standard InChI is InChI=1S/C6H15NO4.BrH/c1-7-2-4(9)6(11)5(10)3-8;/h4-11H,2-3H2,1H3;1H/t4-,5+,6-;/m1./s1. The van der Waals surface area contributed by atoms with E-state index in [1.54, 1.807) is 7.05 Å². The summed E-state index contributed by atoms with van der Waals surface area (Å²) < 4.78 is 0.